The zero-order valence-corrected chi connectivity index (χ0v) is 6.93. The topological polar surface area (TPSA) is 57.6 Å². The van der Waals surface area contributed by atoms with Crippen LogP contribution in [0.2, 0.25) is 0 Å². The molecule has 1 unspecified atom stereocenters. The fourth-order valence-electron chi connectivity index (χ4n) is 1.05. The average molecular weight is 180 g/mol. The van der Waals surface area contributed by atoms with Crippen molar-refractivity contribution in [2.45, 2.75) is 6.42 Å². The fraction of sp³-hybridized carbons (Fsp3) is 0.667. The summed E-state index contributed by atoms with van der Waals surface area (Å²) < 4.78 is 0. The molecule has 5 heteroatoms. The monoisotopic (exact) mass is 179 g/mol. The van der Waals surface area contributed by atoms with E-state index in [4.69, 9.17) is 5.11 Å². The number of aliphatic carboxylic acids is 1. The normalized spacial score (nSPS) is 23.2. The number of likely N-dealkylation sites (tertiary alicyclic amines) is 1. The Kier molecular flexibility index (Phi) is 3.32. The Bertz CT molecular complexity index is 183. The summed E-state index contributed by atoms with van der Waals surface area (Å²) in [4.78, 5) is 22.6. The molecule has 1 saturated heterocycles. The van der Waals surface area contributed by atoms with Crippen molar-refractivity contribution >= 4 is 24.3 Å². The first kappa shape index (κ1) is 10.2. The van der Waals surface area contributed by atoms with Gasteiger partial charge in [0.15, 0.2) is 0 Å². The summed E-state index contributed by atoms with van der Waals surface area (Å²) in [5.74, 6) is -2.06. The minimum absolute atomic E-state index is 0. The summed E-state index contributed by atoms with van der Waals surface area (Å²) in [7, 11) is 1.62. The van der Waals surface area contributed by atoms with E-state index in [2.05, 4.69) is 0 Å². The summed E-state index contributed by atoms with van der Waals surface area (Å²) in [6.45, 7) is 0.565. The molecule has 0 radical (unpaired) electrons. The summed E-state index contributed by atoms with van der Waals surface area (Å²) in [6, 6.07) is 0. The maximum Gasteiger partial charge on any atom is 0.316 e. The van der Waals surface area contributed by atoms with Crippen LogP contribution < -0.4 is 0 Å². The number of nitrogens with zero attached hydrogens (tertiary/aromatic N) is 1. The standard InChI is InChI=1S/C6H9NO3.ClH/c1-7-3-2-4(5(7)8)6(9)10;/h4H,2-3H2,1H3,(H,9,10);1H. The predicted molar refractivity (Wildman–Crippen MR) is 40.6 cm³/mol. The van der Waals surface area contributed by atoms with Crippen molar-refractivity contribution < 1.29 is 14.7 Å². The van der Waals surface area contributed by atoms with E-state index in [1.807, 2.05) is 0 Å². The van der Waals surface area contributed by atoms with Gasteiger partial charge in [0.25, 0.3) is 0 Å². The van der Waals surface area contributed by atoms with Crippen molar-refractivity contribution in [2.24, 2.45) is 5.92 Å². The Morgan fingerprint density at radius 3 is 2.45 bits per heavy atom. The lowest BCUT2D eigenvalue weighted by Crippen LogP contribution is -2.26. The molecule has 0 aromatic heterocycles. The molecular formula is C6H10ClNO3. The molecule has 64 valence electrons. The number of carbonyl (C=O) groups excluding carboxylic acids is 1. The molecule has 1 aliphatic heterocycles. The van der Waals surface area contributed by atoms with Crippen molar-refractivity contribution in [1.82, 2.24) is 4.90 Å². The molecule has 0 bridgehead atoms. The maximum atomic E-state index is 10.9. The van der Waals surface area contributed by atoms with E-state index in [9.17, 15) is 9.59 Å². The summed E-state index contributed by atoms with van der Waals surface area (Å²) in [5.41, 5.74) is 0. The van der Waals surface area contributed by atoms with Gasteiger partial charge in [-0.15, -0.1) is 12.4 Å². The van der Waals surface area contributed by atoms with Gasteiger partial charge in [0.05, 0.1) is 0 Å². The molecule has 4 nitrogen and oxygen atoms in total. The van der Waals surface area contributed by atoms with E-state index in [1.54, 1.807) is 7.05 Å². The number of carbonyl (C=O) groups is 2. The fourth-order valence-corrected chi connectivity index (χ4v) is 1.05. The van der Waals surface area contributed by atoms with Crippen LogP contribution in [0.1, 0.15) is 6.42 Å². The Morgan fingerprint density at radius 1 is 1.73 bits per heavy atom. The van der Waals surface area contributed by atoms with Gasteiger partial charge in [-0.25, -0.2) is 0 Å². The lowest BCUT2D eigenvalue weighted by atomic mass is 10.1. The van der Waals surface area contributed by atoms with Gasteiger partial charge < -0.3 is 10.0 Å². The molecule has 0 aromatic rings. The number of amides is 1. The second-order valence-electron chi connectivity index (χ2n) is 2.44. The Hall–Kier alpha value is -0.770. The van der Waals surface area contributed by atoms with Gasteiger partial charge in [-0.3, -0.25) is 9.59 Å². The number of halogens is 1. The third-order valence-electron chi connectivity index (χ3n) is 1.73. The number of hydrogen-bond acceptors (Lipinski definition) is 2. The Balaban J connectivity index is 0.000001000. The highest BCUT2D eigenvalue weighted by molar-refractivity contribution is 5.98. The summed E-state index contributed by atoms with van der Waals surface area (Å²) >= 11 is 0. The van der Waals surface area contributed by atoms with Gasteiger partial charge in [0.1, 0.15) is 5.92 Å². The first-order chi connectivity index (χ1) is 4.63. The van der Waals surface area contributed by atoms with Crippen LogP contribution in [0.15, 0.2) is 0 Å². The second-order valence-corrected chi connectivity index (χ2v) is 2.44. The molecule has 11 heavy (non-hydrogen) atoms. The zero-order chi connectivity index (χ0) is 7.72. The van der Waals surface area contributed by atoms with Crippen LogP contribution >= 0.6 is 12.4 Å². The van der Waals surface area contributed by atoms with Crippen molar-refractivity contribution in [3.05, 3.63) is 0 Å². The Morgan fingerprint density at radius 2 is 2.27 bits per heavy atom. The van der Waals surface area contributed by atoms with Gasteiger partial charge in [0, 0.05) is 13.6 Å². The van der Waals surface area contributed by atoms with E-state index in [1.165, 1.54) is 4.90 Å². The van der Waals surface area contributed by atoms with Crippen LogP contribution in [0.3, 0.4) is 0 Å². The molecule has 1 heterocycles. The smallest absolute Gasteiger partial charge is 0.316 e. The van der Waals surface area contributed by atoms with Crippen LogP contribution in [0, 0.1) is 5.92 Å². The number of hydrogen-bond donors (Lipinski definition) is 1. The molecule has 1 amide bonds. The quantitative estimate of drug-likeness (QED) is 0.576. The highest BCUT2D eigenvalue weighted by Gasteiger charge is 2.34. The highest BCUT2D eigenvalue weighted by Crippen LogP contribution is 2.15. The van der Waals surface area contributed by atoms with Crippen LogP contribution in [-0.2, 0) is 9.59 Å². The van der Waals surface area contributed by atoms with Crippen LogP contribution in [0.4, 0.5) is 0 Å². The molecule has 0 saturated carbocycles. The van der Waals surface area contributed by atoms with E-state index in [0.717, 1.165) is 0 Å². The van der Waals surface area contributed by atoms with Crippen LogP contribution in [-0.4, -0.2) is 35.5 Å². The molecule has 1 atom stereocenters. The zero-order valence-electron chi connectivity index (χ0n) is 6.11. The molecule has 0 aliphatic carbocycles. The van der Waals surface area contributed by atoms with E-state index in [0.29, 0.717) is 13.0 Å². The lowest BCUT2D eigenvalue weighted by molar-refractivity contribution is -0.147. The molecule has 0 spiro atoms. The first-order valence-electron chi connectivity index (χ1n) is 3.10. The largest absolute Gasteiger partial charge is 0.481 e. The molecular weight excluding hydrogens is 170 g/mol. The maximum absolute atomic E-state index is 10.9. The first-order valence-corrected chi connectivity index (χ1v) is 3.10. The number of carboxylic acid groups (broad SMARTS) is 1. The van der Waals surface area contributed by atoms with Gasteiger partial charge in [0.2, 0.25) is 5.91 Å². The molecule has 1 fully saturated rings. The Labute approximate surface area is 70.6 Å². The van der Waals surface area contributed by atoms with Gasteiger partial charge in [-0.2, -0.15) is 0 Å². The predicted octanol–water partition coefficient (Wildman–Crippen LogP) is -0.0289. The lowest BCUT2D eigenvalue weighted by Gasteiger charge is -2.05. The van der Waals surface area contributed by atoms with E-state index < -0.39 is 11.9 Å². The minimum Gasteiger partial charge on any atom is -0.481 e. The van der Waals surface area contributed by atoms with Crippen LogP contribution in [0.5, 0.6) is 0 Å². The van der Waals surface area contributed by atoms with Crippen molar-refractivity contribution in [3.8, 4) is 0 Å². The van der Waals surface area contributed by atoms with E-state index in [-0.39, 0.29) is 18.3 Å². The SMILES string of the molecule is CN1CCC(C(=O)O)C1=O.Cl. The van der Waals surface area contributed by atoms with Gasteiger partial charge in [-0.1, -0.05) is 0 Å². The molecule has 1 N–H and O–H groups in total. The van der Waals surface area contributed by atoms with Crippen LogP contribution in [0.25, 0.3) is 0 Å². The number of carboxylic acids is 1. The summed E-state index contributed by atoms with van der Waals surface area (Å²) in [5, 5.41) is 8.45. The highest BCUT2D eigenvalue weighted by atomic mass is 35.5. The third kappa shape index (κ3) is 1.83. The van der Waals surface area contributed by atoms with Crippen molar-refractivity contribution in [1.29, 1.82) is 0 Å². The summed E-state index contributed by atoms with van der Waals surface area (Å²) in [6.07, 6.45) is 0.449. The van der Waals surface area contributed by atoms with Crippen molar-refractivity contribution in [3.63, 3.8) is 0 Å². The third-order valence-corrected chi connectivity index (χ3v) is 1.73. The number of rotatable bonds is 1. The molecule has 1 aliphatic rings. The van der Waals surface area contributed by atoms with Gasteiger partial charge in [-0.05, 0) is 6.42 Å². The second kappa shape index (κ2) is 3.57. The van der Waals surface area contributed by atoms with E-state index >= 15 is 0 Å². The molecule has 0 aromatic carbocycles. The van der Waals surface area contributed by atoms with Crippen molar-refractivity contribution in [2.75, 3.05) is 13.6 Å². The average Bonchev–Trinajstić information content (AvgIpc) is 2.14. The molecule has 1 rings (SSSR count). The van der Waals surface area contributed by atoms with Gasteiger partial charge >= 0.3 is 5.97 Å². The minimum atomic E-state index is -1.01.